The van der Waals surface area contributed by atoms with Gasteiger partial charge in [-0.25, -0.2) is 4.98 Å². The van der Waals surface area contributed by atoms with Crippen LogP contribution in [0.1, 0.15) is 30.6 Å². The number of amides is 1. The molecule has 19 heavy (non-hydrogen) atoms. The number of halogens is 2. The quantitative estimate of drug-likeness (QED) is 0.649. The molecular formula is C13H19Cl2N3O. The number of pyridine rings is 1. The summed E-state index contributed by atoms with van der Waals surface area (Å²) in [5.41, 5.74) is 0.433. The molecule has 0 bridgehead atoms. The van der Waals surface area contributed by atoms with E-state index in [1.807, 2.05) is 0 Å². The third kappa shape index (κ3) is 5.76. The van der Waals surface area contributed by atoms with E-state index in [2.05, 4.69) is 36.1 Å². The van der Waals surface area contributed by atoms with Crippen molar-refractivity contribution < 1.29 is 4.79 Å². The van der Waals surface area contributed by atoms with Crippen molar-refractivity contribution in [1.82, 2.24) is 15.2 Å². The molecule has 0 saturated heterocycles. The molecule has 0 aromatic carbocycles. The minimum Gasteiger partial charge on any atom is -0.352 e. The fourth-order valence-electron chi connectivity index (χ4n) is 1.49. The number of hydrogen-bond acceptors (Lipinski definition) is 3. The molecule has 0 aliphatic rings. The number of nitrogens with zero attached hydrogens (tertiary/aromatic N) is 2. The Balaban J connectivity index is 2.39. The van der Waals surface area contributed by atoms with Crippen LogP contribution in [-0.4, -0.2) is 42.0 Å². The van der Waals surface area contributed by atoms with Crippen molar-refractivity contribution in [2.75, 3.05) is 20.1 Å². The second-order valence-electron chi connectivity index (χ2n) is 4.69. The lowest BCUT2D eigenvalue weighted by molar-refractivity contribution is 0.0951. The zero-order valence-corrected chi connectivity index (χ0v) is 12.9. The van der Waals surface area contributed by atoms with Crippen LogP contribution in [0.5, 0.6) is 0 Å². The summed E-state index contributed by atoms with van der Waals surface area (Å²) in [6.07, 6.45) is 0.896. The van der Waals surface area contributed by atoms with E-state index in [0.29, 0.717) is 18.2 Å². The van der Waals surface area contributed by atoms with Crippen LogP contribution in [0.15, 0.2) is 12.1 Å². The highest BCUT2D eigenvalue weighted by Crippen LogP contribution is 2.14. The van der Waals surface area contributed by atoms with Crippen LogP contribution in [-0.2, 0) is 0 Å². The van der Waals surface area contributed by atoms with Gasteiger partial charge >= 0.3 is 0 Å². The van der Waals surface area contributed by atoms with Gasteiger partial charge in [-0.1, -0.05) is 23.2 Å². The first-order valence-electron chi connectivity index (χ1n) is 6.21. The largest absolute Gasteiger partial charge is 0.352 e. The number of carbonyl (C=O) groups excluding carboxylic acids is 1. The maximum absolute atomic E-state index is 11.9. The van der Waals surface area contributed by atoms with Crippen molar-refractivity contribution >= 4 is 29.1 Å². The molecule has 1 heterocycles. The lowest BCUT2D eigenvalue weighted by atomic mass is 10.2. The molecule has 1 N–H and O–H groups in total. The lowest BCUT2D eigenvalue weighted by Crippen LogP contribution is -2.31. The second kappa shape index (κ2) is 7.68. The van der Waals surface area contributed by atoms with Gasteiger partial charge in [0.25, 0.3) is 5.91 Å². The van der Waals surface area contributed by atoms with Gasteiger partial charge in [0.2, 0.25) is 0 Å². The van der Waals surface area contributed by atoms with Crippen LogP contribution in [0.3, 0.4) is 0 Å². The van der Waals surface area contributed by atoms with Crippen molar-refractivity contribution in [3.63, 3.8) is 0 Å². The fraction of sp³-hybridized carbons (Fsp3) is 0.538. The minimum atomic E-state index is -0.182. The van der Waals surface area contributed by atoms with Crippen LogP contribution in [0, 0.1) is 0 Å². The maximum Gasteiger partial charge on any atom is 0.251 e. The van der Waals surface area contributed by atoms with Gasteiger partial charge < -0.3 is 10.2 Å². The van der Waals surface area contributed by atoms with E-state index in [0.717, 1.165) is 13.0 Å². The highest BCUT2D eigenvalue weighted by atomic mass is 35.5. The summed E-state index contributed by atoms with van der Waals surface area (Å²) in [6, 6.07) is 3.51. The van der Waals surface area contributed by atoms with Crippen LogP contribution in [0.4, 0.5) is 0 Å². The standard InChI is InChI=1S/C13H19Cl2N3O/c1-9(2)18(3)6-4-5-16-13(19)10-7-11(14)17-12(15)8-10/h7-9H,4-6H2,1-3H3,(H,16,19). The molecule has 1 amide bonds. The van der Waals surface area contributed by atoms with Crippen molar-refractivity contribution in [3.8, 4) is 0 Å². The summed E-state index contributed by atoms with van der Waals surface area (Å²) in [5, 5.41) is 3.28. The van der Waals surface area contributed by atoms with E-state index in [1.54, 1.807) is 0 Å². The highest BCUT2D eigenvalue weighted by molar-refractivity contribution is 6.33. The van der Waals surface area contributed by atoms with Gasteiger partial charge in [0.1, 0.15) is 10.3 Å². The van der Waals surface area contributed by atoms with E-state index in [1.165, 1.54) is 12.1 Å². The Labute approximate surface area is 124 Å². The molecule has 0 unspecified atom stereocenters. The Morgan fingerprint density at radius 3 is 2.47 bits per heavy atom. The smallest absolute Gasteiger partial charge is 0.251 e. The summed E-state index contributed by atoms with van der Waals surface area (Å²) >= 11 is 11.5. The summed E-state index contributed by atoms with van der Waals surface area (Å²) in [6.45, 7) is 5.84. The summed E-state index contributed by atoms with van der Waals surface area (Å²) in [4.78, 5) is 17.9. The Morgan fingerprint density at radius 1 is 1.37 bits per heavy atom. The zero-order valence-electron chi connectivity index (χ0n) is 11.4. The number of nitrogens with one attached hydrogen (secondary N) is 1. The van der Waals surface area contributed by atoms with Gasteiger partial charge in [-0.05, 0) is 46.0 Å². The average Bonchev–Trinajstić information content (AvgIpc) is 2.32. The van der Waals surface area contributed by atoms with Crippen molar-refractivity contribution in [2.24, 2.45) is 0 Å². The third-order valence-electron chi connectivity index (χ3n) is 2.88. The number of aromatic nitrogens is 1. The second-order valence-corrected chi connectivity index (χ2v) is 5.46. The van der Waals surface area contributed by atoms with Crippen LogP contribution in [0.25, 0.3) is 0 Å². The molecule has 0 aliphatic heterocycles. The fourth-order valence-corrected chi connectivity index (χ4v) is 1.95. The highest BCUT2D eigenvalue weighted by Gasteiger charge is 2.08. The van der Waals surface area contributed by atoms with Gasteiger partial charge in [0, 0.05) is 18.2 Å². The van der Waals surface area contributed by atoms with Crippen LogP contribution >= 0.6 is 23.2 Å². The van der Waals surface area contributed by atoms with Gasteiger partial charge in [-0.15, -0.1) is 0 Å². The van der Waals surface area contributed by atoms with E-state index < -0.39 is 0 Å². The zero-order chi connectivity index (χ0) is 14.4. The lowest BCUT2D eigenvalue weighted by Gasteiger charge is -2.20. The predicted molar refractivity (Wildman–Crippen MR) is 79.0 cm³/mol. The molecule has 106 valence electrons. The first kappa shape index (κ1) is 16.2. The monoisotopic (exact) mass is 303 g/mol. The van der Waals surface area contributed by atoms with Gasteiger partial charge in [0.05, 0.1) is 0 Å². The first-order valence-corrected chi connectivity index (χ1v) is 6.97. The van der Waals surface area contributed by atoms with Gasteiger partial charge in [0.15, 0.2) is 0 Å². The third-order valence-corrected chi connectivity index (χ3v) is 3.27. The predicted octanol–water partition coefficient (Wildman–Crippen LogP) is 2.85. The first-order chi connectivity index (χ1) is 8.90. The van der Waals surface area contributed by atoms with Gasteiger partial charge in [-0.2, -0.15) is 0 Å². The molecule has 0 radical (unpaired) electrons. The van der Waals surface area contributed by atoms with Crippen molar-refractivity contribution in [1.29, 1.82) is 0 Å². The molecule has 0 saturated carbocycles. The topological polar surface area (TPSA) is 45.2 Å². The Morgan fingerprint density at radius 2 is 1.95 bits per heavy atom. The molecule has 1 aromatic heterocycles. The molecule has 1 aromatic rings. The molecule has 4 nitrogen and oxygen atoms in total. The van der Waals surface area contributed by atoms with Crippen molar-refractivity contribution in [3.05, 3.63) is 28.0 Å². The summed E-state index contributed by atoms with van der Waals surface area (Å²) in [5.74, 6) is -0.182. The average molecular weight is 304 g/mol. The molecule has 6 heteroatoms. The minimum absolute atomic E-state index is 0.182. The molecule has 0 fully saturated rings. The molecule has 1 rings (SSSR count). The summed E-state index contributed by atoms with van der Waals surface area (Å²) in [7, 11) is 2.06. The summed E-state index contributed by atoms with van der Waals surface area (Å²) < 4.78 is 0. The van der Waals surface area contributed by atoms with Gasteiger partial charge in [-0.3, -0.25) is 4.79 Å². The van der Waals surface area contributed by atoms with E-state index in [4.69, 9.17) is 23.2 Å². The molecule has 0 atom stereocenters. The number of carbonyl (C=O) groups is 1. The molecule has 0 aliphatic carbocycles. The number of hydrogen-bond donors (Lipinski definition) is 1. The van der Waals surface area contributed by atoms with E-state index in [9.17, 15) is 4.79 Å². The van der Waals surface area contributed by atoms with Crippen LogP contribution in [0.2, 0.25) is 10.3 Å². The van der Waals surface area contributed by atoms with E-state index >= 15 is 0 Å². The Bertz CT molecular complexity index is 418. The SMILES string of the molecule is CC(C)N(C)CCCNC(=O)c1cc(Cl)nc(Cl)c1. The molecular weight excluding hydrogens is 285 g/mol. The Hall–Kier alpha value is -0.840. The van der Waals surface area contributed by atoms with E-state index in [-0.39, 0.29) is 16.2 Å². The normalized spacial score (nSPS) is 11.1. The van der Waals surface area contributed by atoms with Crippen LogP contribution < -0.4 is 5.32 Å². The maximum atomic E-state index is 11.9. The Kier molecular flexibility index (Phi) is 6.55. The number of rotatable bonds is 6. The van der Waals surface area contributed by atoms with Crippen molar-refractivity contribution in [2.45, 2.75) is 26.3 Å². The molecule has 0 spiro atoms.